The first-order valence-corrected chi connectivity index (χ1v) is 6.32. The third-order valence-electron chi connectivity index (χ3n) is 3.82. The van der Waals surface area contributed by atoms with E-state index in [1.807, 2.05) is 0 Å². The van der Waals surface area contributed by atoms with Crippen LogP contribution in [0, 0.1) is 5.82 Å². The quantitative estimate of drug-likeness (QED) is 0.902. The molecule has 0 aromatic heterocycles. The van der Waals surface area contributed by atoms with Crippen LogP contribution in [0.5, 0.6) is 0 Å². The van der Waals surface area contributed by atoms with Crippen molar-refractivity contribution in [2.75, 3.05) is 18.5 Å². The summed E-state index contributed by atoms with van der Waals surface area (Å²) in [5, 5.41) is 9.17. The van der Waals surface area contributed by atoms with Gasteiger partial charge in [0.1, 0.15) is 11.4 Å². The number of fused-ring (bicyclic) bond motifs is 1. The highest BCUT2D eigenvalue weighted by Gasteiger charge is 2.38. The van der Waals surface area contributed by atoms with Crippen molar-refractivity contribution in [2.24, 2.45) is 0 Å². The van der Waals surface area contributed by atoms with Gasteiger partial charge in [-0.2, -0.15) is 0 Å². The lowest BCUT2D eigenvalue weighted by atomic mass is 10.0. The van der Waals surface area contributed by atoms with Crippen LogP contribution in [0.4, 0.5) is 14.9 Å². The topological polar surface area (TPSA) is 60.9 Å². The van der Waals surface area contributed by atoms with Gasteiger partial charge in [-0.1, -0.05) is 6.07 Å². The van der Waals surface area contributed by atoms with Gasteiger partial charge in [0, 0.05) is 13.6 Å². The van der Waals surface area contributed by atoms with Gasteiger partial charge >= 0.3 is 12.0 Å². The van der Waals surface area contributed by atoms with Crippen molar-refractivity contribution in [3.8, 4) is 0 Å². The molecule has 0 spiro atoms. The van der Waals surface area contributed by atoms with Crippen molar-refractivity contribution < 1.29 is 19.1 Å². The van der Waals surface area contributed by atoms with Gasteiger partial charge in [-0.05, 0) is 38.0 Å². The molecule has 0 unspecified atom stereocenters. The number of carboxylic acid groups (broad SMARTS) is 1. The highest BCUT2D eigenvalue weighted by Crippen LogP contribution is 2.30. The third kappa shape index (κ3) is 2.21. The van der Waals surface area contributed by atoms with E-state index in [-0.39, 0.29) is 0 Å². The molecule has 0 bridgehead atoms. The minimum Gasteiger partial charge on any atom is -0.480 e. The average Bonchev–Trinajstić information content (AvgIpc) is 2.79. The smallest absolute Gasteiger partial charge is 0.329 e. The van der Waals surface area contributed by atoms with Crippen molar-refractivity contribution in [3.05, 3.63) is 29.6 Å². The van der Waals surface area contributed by atoms with E-state index in [0.717, 1.165) is 10.5 Å². The van der Waals surface area contributed by atoms with Crippen LogP contribution in [-0.4, -0.2) is 41.1 Å². The number of halogens is 1. The number of hydrogen-bond donors (Lipinski definition) is 1. The Morgan fingerprint density at radius 3 is 2.65 bits per heavy atom. The second-order valence-electron chi connectivity index (χ2n) is 5.38. The fourth-order valence-electron chi connectivity index (χ4n) is 2.11. The Kier molecular flexibility index (Phi) is 3.41. The monoisotopic (exact) mass is 280 g/mol. The highest BCUT2D eigenvalue weighted by molar-refractivity contribution is 5.97. The zero-order valence-corrected chi connectivity index (χ0v) is 11.7. The number of carbonyl (C=O) groups excluding carboxylic acids is 1. The second kappa shape index (κ2) is 4.77. The number of likely N-dealkylation sites (N-methyl/N-ethyl adjacent to an activating group) is 1. The predicted octanol–water partition coefficient (Wildman–Crippen LogP) is 2.10. The van der Waals surface area contributed by atoms with Gasteiger partial charge < -0.3 is 10.0 Å². The summed E-state index contributed by atoms with van der Waals surface area (Å²) >= 11 is 0. The van der Waals surface area contributed by atoms with E-state index in [2.05, 4.69) is 0 Å². The van der Waals surface area contributed by atoms with Crippen LogP contribution in [0.1, 0.15) is 19.4 Å². The zero-order chi connectivity index (χ0) is 15.1. The summed E-state index contributed by atoms with van der Waals surface area (Å²) in [7, 11) is 1.44. The molecule has 0 radical (unpaired) electrons. The fraction of sp³-hybridized carbons (Fsp3) is 0.429. The minimum absolute atomic E-state index is 0.413. The number of nitrogens with zero attached hydrogens (tertiary/aromatic N) is 2. The lowest BCUT2D eigenvalue weighted by molar-refractivity contribution is -0.146. The van der Waals surface area contributed by atoms with E-state index in [1.54, 1.807) is 6.07 Å². The largest absolute Gasteiger partial charge is 0.480 e. The first-order chi connectivity index (χ1) is 9.25. The SMILES string of the molecule is CN(C(=O)N1CCc2ccc(F)cc21)C(C)(C)C(=O)O. The van der Waals surface area contributed by atoms with Crippen molar-refractivity contribution in [1.82, 2.24) is 4.90 Å². The number of rotatable bonds is 2. The molecule has 0 atom stereocenters. The van der Waals surface area contributed by atoms with E-state index in [0.29, 0.717) is 18.7 Å². The summed E-state index contributed by atoms with van der Waals surface area (Å²) in [6.45, 7) is 3.34. The lowest BCUT2D eigenvalue weighted by Crippen LogP contribution is -2.55. The van der Waals surface area contributed by atoms with Gasteiger partial charge in [0.2, 0.25) is 0 Å². The molecule has 0 fully saturated rings. The summed E-state index contributed by atoms with van der Waals surface area (Å²) in [5.74, 6) is -1.50. The van der Waals surface area contributed by atoms with Gasteiger partial charge in [-0.15, -0.1) is 0 Å². The van der Waals surface area contributed by atoms with Crippen molar-refractivity contribution >= 4 is 17.7 Å². The zero-order valence-electron chi connectivity index (χ0n) is 11.7. The Morgan fingerprint density at radius 1 is 1.40 bits per heavy atom. The van der Waals surface area contributed by atoms with Crippen molar-refractivity contribution in [2.45, 2.75) is 25.8 Å². The maximum absolute atomic E-state index is 13.3. The molecule has 0 saturated heterocycles. The number of carbonyl (C=O) groups is 2. The normalized spacial score (nSPS) is 14.1. The molecular weight excluding hydrogens is 263 g/mol. The Morgan fingerprint density at radius 2 is 2.05 bits per heavy atom. The first-order valence-electron chi connectivity index (χ1n) is 6.32. The Hall–Kier alpha value is -2.11. The van der Waals surface area contributed by atoms with Gasteiger partial charge in [0.15, 0.2) is 0 Å². The van der Waals surface area contributed by atoms with Crippen LogP contribution < -0.4 is 4.90 Å². The average molecular weight is 280 g/mol. The molecule has 2 amide bonds. The second-order valence-corrected chi connectivity index (χ2v) is 5.38. The Bertz CT molecular complexity index is 572. The molecule has 1 aromatic carbocycles. The molecule has 1 aromatic rings. The molecule has 5 nitrogen and oxygen atoms in total. The summed E-state index contributed by atoms with van der Waals surface area (Å²) in [6.07, 6.45) is 0.642. The van der Waals surface area contributed by atoms with Crippen molar-refractivity contribution in [1.29, 1.82) is 0 Å². The van der Waals surface area contributed by atoms with Crippen LogP contribution in [0.2, 0.25) is 0 Å². The molecule has 1 heterocycles. The predicted molar refractivity (Wildman–Crippen MR) is 72.3 cm³/mol. The third-order valence-corrected chi connectivity index (χ3v) is 3.82. The van der Waals surface area contributed by atoms with Gasteiger partial charge in [-0.25, -0.2) is 14.0 Å². The molecule has 1 aliphatic heterocycles. The molecule has 108 valence electrons. The van der Waals surface area contributed by atoms with Crippen LogP contribution in [0.15, 0.2) is 18.2 Å². The van der Waals surface area contributed by atoms with Crippen LogP contribution in [0.25, 0.3) is 0 Å². The standard InChI is InChI=1S/C14H17FN2O3/c1-14(2,12(18)19)16(3)13(20)17-7-6-9-4-5-10(15)8-11(9)17/h4-5,8H,6-7H2,1-3H3,(H,18,19). The van der Waals surface area contributed by atoms with Gasteiger partial charge in [-0.3, -0.25) is 4.90 Å². The van der Waals surface area contributed by atoms with E-state index in [4.69, 9.17) is 0 Å². The maximum Gasteiger partial charge on any atom is 0.329 e. The number of amides is 2. The summed E-state index contributed by atoms with van der Waals surface area (Å²) < 4.78 is 13.3. The highest BCUT2D eigenvalue weighted by atomic mass is 19.1. The number of urea groups is 1. The lowest BCUT2D eigenvalue weighted by Gasteiger charge is -2.34. The molecule has 1 N–H and O–H groups in total. The number of aliphatic carboxylic acids is 1. The summed E-state index contributed by atoms with van der Waals surface area (Å²) in [6, 6.07) is 3.88. The molecule has 6 heteroatoms. The van der Waals surface area contributed by atoms with Gasteiger partial charge in [0.25, 0.3) is 0 Å². The number of carboxylic acids is 1. The summed E-state index contributed by atoms with van der Waals surface area (Å²) in [4.78, 5) is 26.2. The Balaban J connectivity index is 2.29. The van der Waals surface area contributed by atoms with E-state index in [1.165, 1.54) is 37.9 Å². The molecule has 20 heavy (non-hydrogen) atoms. The Labute approximate surface area is 116 Å². The van der Waals surface area contributed by atoms with E-state index >= 15 is 0 Å². The molecular formula is C14H17FN2O3. The van der Waals surface area contributed by atoms with Crippen LogP contribution >= 0.6 is 0 Å². The van der Waals surface area contributed by atoms with Gasteiger partial charge in [0.05, 0.1) is 5.69 Å². The van der Waals surface area contributed by atoms with E-state index in [9.17, 15) is 19.1 Å². The minimum atomic E-state index is -1.33. The molecule has 0 aliphatic carbocycles. The number of anilines is 1. The molecule has 1 aliphatic rings. The molecule has 0 saturated carbocycles. The van der Waals surface area contributed by atoms with Crippen LogP contribution in [-0.2, 0) is 11.2 Å². The molecule has 2 rings (SSSR count). The number of hydrogen-bond acceptors (Lipinski definition) is 2. The maximum atomic E-state index is 13.3. The van der Waals surface area contributed by atoms with Crippen molar-refractivity contribution in [3.63, 3.8) is 0 Å². The van der Waals surface area contributed by atoms with Crippen LogP contribution in [0.3, 0.4) is 0 Å². The fourth-order valence-corrected chi connectivity index (χ4v) is 2.11. The number of benzene rings is 1. The first kappa shape index (κ1) is 14.3. The summed E-state index contributed by atoms with van der Waals surface area (Å²) in [5.41, 5.74) is 0.0805. The van der Waals surface area contributed by atoms with E-state index < -0.39 is 23.4 Å².